The number of carbonyl (C=O) groups is 1. The number of halogens is 1. The highest BCUT2D eigenvalue weighted by molar-refractivity contribution is 9.10. The molecule has 0 saturated carbocycles. The predicted octanol–water partition coefficient (Wildman–Crippen LogP) is 6.29. The molecule has 0 radical (unpaired) electrons. The number of aryl methyl sites for hydroxylation is 1. The lowest BCUT2D eigenvalue weighted by molar-refractivity contribution is -0.116. The number of carbonyl (C=O) groups excluding carboxylic acids is 1. The number of hydrogen-bond donors (Lipinski definition) is 1. The van der Waals surface area contributed by atoms with E-state index in [1.165, 1.54) is 4.68 Å². The molecule has 0 fully saturated rings. The van der Waals surface area contributed by atoms with E-state index in [4.69, 9.17) is 4.98 Å². The van der Waals surface area contributed by atoms with E-state index in [2.05, 4.69) is 33.3 Å². The Bertz CT molecular complexity index is 1720. The Hall–Kier alpha value is -4.04. The van der Waals surface area contributed by atoms with E-state index in [1.807, 2.05) is 78.2 Å². The van der Waals surface area contributed by atoms with Crippen molar-refractivity contribution in [2.45, 2.75) is 39.7 Å². The third kappa shape index (κ3) is 5.17. The molecule has 0 aliphatic heterocycles. The number of rotatable bonds is 8. The standard InChI is InChI=1S/C30H28BrN5O2/c1-3-4-14-28-34-26-16-15-21(31)17-24(26)30(38)36(28)32-18-25-20(2)35(27-13-9-8-12-23(25)27)19-29(37)33-22-10-6-5-7-11-22/h5-13,15-18H,3-4,14,19H2,1-2H3,(H,33,37). The molecule has 0 aliphatic rings. The molecule has 5 aromatic rings. The summed E-state index contributed by atoms with van der Waals surface area (Å²) < 4.78 is 4.21. The third-order valence-corrected chi connectivity index (χ3v) is 7.06. The molecule has 0 unspecified atom stereocenters. The van der Waals surface area contributed by atoms with Gasteiger partial charge in [-0.1, -0.05) is 65.7 Å². The summed E-state index contributed by atoms with van der Waals surface area (Å²) in [4.78, 5) is 31.1. The van der Waals surface area contributed by atoms with Crippen LogP contribution < -0.4 is 10.9 Å². The monoisotopic (exact) mass is 569 g/mol. The number of aromatic nitrogens is 3. The Balaban J connectivity index is 1.56. The molecule has 0 atom stereocenters. The van der Waals surface area contributed by atoms with Crippen LogP contribution in [0.15, 0.2) is 87.2 Å². The van der Waals surface area contributed by atoms with Gasteiger partial charge >= 0.3 is 0 Å². The Labute approximate surface area is 229 Å². The van der Waals surface area contributed by atoms with Crippen LogP contribution >= 0.6 is 15.9 Å². The van der Waals surface area contributed by atoms with Gasteiger partial charge < -0.3 is 9.88 Å². The molecule has 0 saturated heterocycles. The maximum atomic E-state index is 13.5. The number of benzene rings is 3. The number of unbranched alkanes of at least 4 members (excludes halogenated alkanes) is 1. The first-order valence-electron chi connectivity index (χ1n) is 12.6. The summed E-state index contributed by atoms with van der Waals surface area (Å²) in [5, 5.41) is 9.09. The fourth-order valence-corrected chi connectivity index (χ4v) is 4.98. The summed E-state index contributed by atoms with van der Waals surface area (Å²) in [6, 6.07) is 22.8. The number of fused-ring (bicyclic) bond motifs is 2. The SMILES string of the molecule is CCCCc1nc2ccc(Br)cc2c(=O)n1N=Cc1c(C)n(CC(=O)Nc2ccccc2)c2ccccc12. The van der Waals surface area contributed by atoms with E-state index in [9.17, 15) is 9.59 Å². The second-order valence-corrected chi connectivity index (χ2v) is 10.1. The average Bonchev–Trinajstić information content (AvgIpc) is 3.18. The largest absolute Gasteiger partial charge is 0.335 e. The van der Waals surface area contributed by atoms with Gasteiger partial charge in [0.05, 0.1) is 17.1 Å². The van der Waals surface area contributed by atoms with Crippen LogP contribution in [-0.4, -0.2) is 26.3 Å². The van der Waals surface area contributed by atoms with Gasteiger partial charge in [-0.3, -0.25) is 9.59 Å². The molecule has 2 heterocycles. The van der Waals surface area contributed by atoms with Gasteiger partial charge in [0.25, 0.3) is 5.56 Å². The molecule has 0 aliphatic carbocycles. The quantitative estimate of drug-likeness (QED) is 0.223. The highest BCUT2D eigenvalue weighted by Gasteiger charge is 2.16. The van der Waals surface area contributed by atoms with E-state index in [0.717, 1.165) is 45.2 Å². The fraction of sp³-hybridized carbons (Fsp3) is 0.200. The molecule has 3 aromatic carbocycles. The van der Waals surface area contributed by atoms with Crippen LogP contribution in [0.25, 0.3) is 21.8 Å². The van der Waals surface area contributed by atoms with Crippen molar-refractivity contribution >= 4 is 55.5 Å². The minimum absolute atomic E-state index is 0.120. The molecule has 0 spiro atoms. The van der Waals surface area contributed by atoms with Crippen LogP contribution in [0.2, 0.25) is 0 Å². The molecule has 1 N–H and O–H groups in total. The highest BCUT2D eigenvalue weighted by Crippen LogP contribution is 2.25. The van der Waals surface area contributed by atoms with Crippen molar-refractivity contribution < 1.29 is 4.79 Å². The van der Waals surface area contributed by atoms with Gasteiger partial charge in [-0.05, 0) is 49.7 Å². The maximum Gasteiger partial charge on any atom is 0.282 e. The Morgan fingerprint density at radius 3 is 2.61 bits per heavy atom. The van der Waals surface area contributed by atoms with Crippen LogP contribution in [0.1, 0.15) is 36.8 Å². The van der Waals surface area contributed by atoms with Crippen molar-refractivity contribution in [2.24, 2.45) is 5.10 Å². The Morgan fingerprint density at radius 1 is 1.05 bits per heavy atom. The number of nitrogens with one attached hydrogen (secondary N) is 1. The molecular formula is C30H28BrN5O2. The van der Waals surface area contributed by atoms with Gasteiger partial charge in [-0.25, -0.2) is 4.98 Å². The number of para-hydroxylation sites is 2. The molecule has 38 heavy (non-hydrogen) atoms. The number of anilines is 1. The van der Waals surface area contributed by atoms with Crippen molar-refractivity contribution in [3.05, 3.63) is 105 Å². The zero-order chi connectivity index (χ0) is 26.6. The summed E-state index contributed by atoms with van der Waals surface area (Å²) in [5.41, 5.74) is 3.88. The maximum absolute atomic E-state index is 13.5. The van der Waals surface area contributed by atoms with Gasteiger partial charge in [0.1, 0.15) is 12.4 Å². The van der Waals surface area contributed by atoms with Crippen LogP contribution in [0.3, 0.4) is 0 Å². The summed E-state index contributed by atoms with van der Waals surface area (Å²) in [5.74, 6) is 0.512. The summed E-state index contributed by atoms with van der Waals surface area (Å²) in [6.45, 7) is 4.23. The van der Waals surface area contributed by atoms with Crippen LogP contribution in [-0.2, 0) is 17.8 Å². The van der Waals surface area contributed by atoms with Crippen LogP contribution in [0, 0.1) is 6.92 Å². The predicted molar refractivity (Wildman–Crippen MR) is 157 cm³/mol. The molecular weight excluding hydrogens is 542 g/mol. The molecule has 8 heteroatoms. The van der Waals surface area contributed by atoms with Crippen molar-refractivity contribution in [3.63, 3.8) is 0 Å². The van der Waals surface area contributed by atoms with Gasteiger partial charge in [0.15, 0.2) is 0 Å². The van der Waals surface area contributed by atoms with Crippen LogP contribution in [0.5, 0.6) is 0 Å². The molecule has 1 amide bonds. The smallest absolute Gasteiger partial charge is 0.282 e. The normalized spacial score (nSPS) is 11.6. The molecule has 0 bridgehead atoms. The van der Waals surface area contributed by atoms with Gasteiger partial charge in [0.2, 0.25) is 5.91 Å². The summed E-state index contributed by atoms with van der Waals surface area (Å²) >= 11 is 3.46. The molecule has 2 aromatic heterocycles. The minimum Gasteiger partial charge on any atom is -0.335 e. The number of hydrogen-bond acceptors (Lipinski definition) is 4. The first kappa shape index (κ1) is 25.6. The average molecular weight is 570 g/mol. The lowest BCUT2D eigenvalue weighted by Gasteiger charge is -2.10. The van der Waals surface area contributed by atoms with E-state index in [1.54, 1.807) is 12.3 Å². The first-order chi connectivity index (χ1) is 18.5. The second kappa shape index (κ2) is 11.1. The Morgan fingerprint density at radius 2 is 1.82 bits per heavy atom. The molecule has 192 valence electrons. The molecule has 5 rings (SSSR count). The first-order valence-corrected chi connectivity index (χ1v) is 13.4. The van der Waals surface area contributed by atoms with E-state index in [-0.39, 0.29) is 18.0 Å². The zero-order valence-electron chi connectivity index (χ0n) is 21.3. The second-order valence-electron chi connectivity index (χ2n) is 9.17. The van der Waals surface area contributed by atoms with Crippen molar-refractivity contribution in [3.8, 4) is 0 Å². The van der Waals surface area contributed by atoms with Crippen molar-refractivity contribution in [2.75, 3.05) is 5.32 Å². The zero-order valence-corrected chi connectivity index (χ0v) is 22.9. The lowest BCUT2D eigenvalue weighted by Crippen LogP contribution is -2.22. The van der Waals surface area contributed by atoms with E-state index < -0.39 is 0 Å². The summed E-state index contributed by atoms with van der Waals surface area (Å²) in [7, 11) is 0. The van der Waals surface area contributed by atoms with E-state index >= 15 is 0 Å². The lowest BCUT2D eigenvalue weighted by atomic mass is 10.1. The van der Waals surface area contributed by atoms with Gasteiger partial charge in [-0.15, -0.1) is 0 Å². The molecule has 7 nitrogen and oxygen atoms in total. The third-order valence-electron chi connectivity index (χ3n) is 6.57. The number of nitrogens with zero attached hydrogens (tertiary/aromatic N) is 4. The number of amides is 1. The van der Waals surface area contributed by atoms with E-state index in [0.29, 0.717) is 23.1 Å². The van der Waals surface area contributed by atoms with Crippen molar-refractivity contribution in [1.82, 2.24) is 14.2 Å². The van der Waals surface area contributed by atoms with Gasteiger partial charge in [-0.2, -0.15) is 9.78 Å². The van der Waals surface area contributed by atoms with Crippen molar-refractivity contribution in [1.29, 1.82) is 0 Å². The fourth-order valence-electron chi connectivity index (χ4n) is 4.62. The summed E-state index contributed by atoms with van der Waals surface area (Å²) in [6.07, 6.45) is 4.25. The topological polar surface area (TPSA) is 81.3 Å². The van der Waals surface area contributed by atoms with Gasteiger partial charge in [0, 0.05) is 38.7 Å². The Kier molecular flexibility index (Phi) is 7.51. The van der Waals surface area contributed by atoms with Crippen LogP contribution in [0.4, 0.5) is 5.69 Å². The highest BCUT2D eigenvalue weighted by atomic mass is 79.9. The minimum atomic E-state index is -0.206.